The van der Waals surface area contributed by atoms with E-state index in [2.05, 4.69) is 15.7 Å². The van der Waals surface area contributed by atoms with E-state index in [0.717, 1.165) is 24.7 Å². The van der Waals surface area contributed by atoms with Gasteiger partial charge in [0, 0.05) is 17.6 Å². The Morgan fingerprint density at radius 3 is 3.08 bits per heavy atom. The Bertz CT molecular complexity index is 266. The minimum absolute atomic E-state index is 0.950. The Hall–Kier alpha value is -0.410. The maximum Gasteiger partial charge on any atom is 0.107 e. The molecule has 0 bridgehead atoms. The zero-order valence-corrected chi connectivity index (χ0v) is 8.86. The maximum atomic E-state index is 4.40. The fraction of sp³-hybridized carbons (Fsp3) is 0.700. The summed E-state index contributed by atoms with van der Waals surface area (Å²) in [5.41, 5.74) is 1.14. The molecular weight excluding hydrogens is 180 g/mol. The molecule has 1 aliphatic carbocycles. The monoisotopic (exact) mass is 196 g/mol. The second kappa shape index (κ2) is 4.20. The second-order valence-electron chi connectivity index (χ2n) is 3.79. The molecule has 0 amide bonds. The molecule has 3 heteroatoms. The lowest BCUT2D eigenvalue weighted by atomic mass is 10.3. The van der Waals surface area contributed by atoms with E-state index in [4.69, 9.17) is 0 Å². The Morgan fingerprint density at radius 1 is 1.62 bits per heavy atom. The summed E-state index contributed by atoms with van der Waals surface area (Å²) in [6.07, 6.45) is 4.26. The SMILES string of the molecule is Cc1csc(CNCCC2CC2)n1. The van der Waals surface area contributed by atoms with E-state index in [-0.39, 0.29) is 0 Å². The van der Waals surface area contributed by atoms with Crippen LogP contribution in [0.15, 0.2) is 5.38 Å². The number of rotatable bonds is 5. The van der Waals surface area contributed by atoms with Crippen LogP contribution in [0.1, 0.15) is 30.0 Å². The number of aromatic nitrogens is 1. The molecule has 0 spiro atoms. The molecule has 1 aromatic heterocycles. The summed E-state index contributed by atoms with van der Waals surface area (Å²) >= 11 is 1.75. The number of nitrogens with zero attached hydrogens (tertiary/aromatic N) is 1. The van der Waals surface area contributed by atoms with Crippen LogP contribution in [0.5, 0.6) is 0 Å². The van der Waals surface area contributed by atoms with E-state index in [1.165, 1.54) is 24.3 Å². The van der Waals surface area contributed by atoms with Gasteiger partial charge in [-0.3, -0.25) is 0 Å². The predicted octanol–water partition coefficient (Wildman–Crippen LogP) is 2.34. The fourth-order valence-electron chi connectivity index (χ4n) is 1.39. The summed E-state index contributed by atoms with van der Waals surface area (Å²) in [5, 5.41) is 6.76. The molecule has 72 valence electrons. The van der Waals surface area contributed by atoms with E-state index in [1.54, 1.807) is 11.3 Å². The van der Waals surface area contributed by atoms with Crippen LogP contribution in [0.3, 0.4) is 0 Å². The van der Waals surface area contributed by atoms with Crippen LogP contribution in [-0.2, 0) is 6.54 Å². The van der Waals surface area contributed by atoms with Crippen molar-refractivity contribution in [2.24, 2.45) is 5.92 Å². The lowest BCUT2D eigenvalue weighted by Gasteiger charge is -2.00. The molecule has 0 saturated heterocycles. The minimum atomic E-state index is 0.950. The standard InChI is InChI=1S/C10H16N2S/c1-8-7-13-10(12-8)6-11-5-4-9-2-3-9/h7,9,11H,2-6H2,1H3. The first-order chi connectivity index (χ1) is 6.34. The molecule has 13 heavy (non-hydrogen) atoms. The third kappa shape index (κ3) is 3.08. The highest BCUT2D eigenvalue weighted by atomic mass is 32.1. The molecule has 0 unspecified atom stereocenters. The van der Waals surface area contributed by atoms with Gasteiger partial charge < -0.3 is 5.32 Å². The average Bonchev–Trinajstić information content (AvgIpc) is 2.84. The van der Waals surface area contributed by atoms with Crippen molar-refractivity contribution in [3.8, 4) is 0 Å². The van der Waals surface area contributed by atoms with Gasteiger partial charge in [-0.15, -0.1) is 11.3 Å². The van der Waals surface area contributed by atoms with E-state index in [1.807, 2.05) is 6.92 Å². The Labute approximate surface area is 83.4 Å². The molecule has 1 heterocycles. The number of hydrogen-bond acceptors (Lipinski definition) is 3. The van der Waals surface area contributed by atoms with Gasteiger partial charge in [0.2, 0.25) is 0 Å². The van der Waals surface area contributed by atoms with Crippen molar-refractivity contribution in [1.82, 2.24) is 10.3 Å². The molecule has 2 nitrogen and oxygen atoms in total. The second-order valence-corrected chi connectivity index (χ2v) is 4.73. The fourth-order valence-corrected chi connectivity index (χ4v) is 2.13. The van der Waals surface area contributed by atoms with Crippen molar-refractivity contribution >= 4 is 11.3 Å². The van der Waals surface area contributed by atoms with E-state index < -0.39 is 0 Å². The first-order valence-electron chi connectivity index (χ1n) is 4.96. The van der Waals surface area contributed by atoms with Crippen LogP contribution < -0.4 is 5.32 Å². The minimum Gasteiger partial charge on any atom is -0.310 e. The zero-order valence-electron chi connectivity index (χ0n) is 8.05. The van der Waals surface area contributed by atoms with Gasteiger partial charge >= 0.3 is 0 Å². The topological polar surface area (TPSA) is 24.9 Å². The molecule has 1 fully saturated rings. The first kappa shape index (κ1) is 9.16. The summed E-state index contributed by atoms with van der Waals surface area (Å²) in [7, 11) is 0. The largest absolute Gasteiger partial charge is 0.310 e. The van der Waals surface area contributed by atoms with Gasteiger partial charge in [-0.05, 0) is 25.8 Å². The number of nitrogens with one attached hydrogen (secondary N) is 1. The summed E-state index contributed by atoms with van der Waals surface area (Å²) in [6.45, 7) is 4.15. The first-order valence-corrected chi connectivity index (χ1v) is 5.84. The van der Waals surface area contributed by atoms with Crippen LogP contribution >= 0.6 is 11.3 Å². The molecule has 0 aromatic carbocycles. The molecule has 0 radical (unpaired) electrons. The molecule has 1 N–H and O–H groups in total. The Morgan fingerprint density at radius 2 is 2.46 bits per heavy atom. The third-order valence-corrected chi connectivity index (χ3v) is 3.34. The third-order valence-electron chi connectivity index (χ3n) is 2.37. The number of thiazole rings is 1. The van der Waals surface area contributed by atoms with Gasteiger partial charge in [-0.1, -0.05) is 12.8 Å². The van der Waals surface area contributed by atoms with Crippen molar-refractivity contribution < 1.29 is 0 Å². The van der Waals surface area contributed by atoms with Crippen molar-refractivity contribution in [1.29, 1.82) is 0 Å². The van der Waals surface area contributed by atoms with Gasteiger partial charge in [0.05, 0.1) is 0 Å². The number of aryl methyl sites for hydroxylation is 1. The highest BCUT2D eigenvalue weighted by Gasteiger charge is 2.19. The van der Waals surface area contributed by atoms with Crippen LogP contribution in [-0.4, -0.2) is 11.5 Å². The average molecular weight is 196 g/mol. The van der Waals surface area contributed by atoms with Gasteiger partial charge in [0.1, 0.15) is 5.01 Å². The van der Waals surface area contributed by atoms with Crippen LogP contribution in [0.25, 0.3) is 0 Å². The Kier molecular flexibility index (Phi) is 2.96. The highest BCUT2D eigenvalue weighted by Crippen LogP contribution is 2.31. The summed E-state index contributed by atoms with van der Waals surface area (Å²) in [6, 6.07) is 0. The van der Waals surface area contributed by atoms with E-state index >= 15 is 0 Å². The molecule has 0 aliphatic heterocycles. The quantitative estimate of drug-likeness (QED) is 0.731. The smallest absolute Gasteiger partial charge is 0.107 e. The van der Waals surface area contributed by atoms with E-state index in [0.29, 0.717) is 0 Å². The summed E-state index contributed by atoms with van der Waals surface area (Å²) < 4.78 is 0. The molecule has 1 aromatic rings. The molecule has 2 rings (SSSR count). The van der Waals surface area contributed by atoms with Crippen molar-refractivity contribution in [3.63, 3.8) is 0 Å². The van der Waals surface area contributed by atoms with Crippen LogP contribution in [0, 0.1) is 12.8 Å². The molecular formula is C10H16N2S. The van der Waals surface area contributed by atoms with Crippen LogP contribution in [0.4, 0.5) is 0 Å². The van der Waals surface area contributed by atoms with Crippen LogP contribution in [0.2, 0.25) is 0 Å². The summed E-state index contributed by atoms with van der Waals surface area (Å²) in [4.78, 5) is 4.40. The van der Waals surface area contributed by atoms with Gasteiger partial charge in [0.25, 0.3) is 0 Å². The molecule has 1 aliphatic rings. The summed E-state index contributed by atoms with van der Waals surface area (Å²) in [5.74, 6) is 1.03. The molecule has 0 atom stereocenters. The van der Waals surface area contributed by atoms with Crippen molar-refractivity contribution in [2.75, 3.05) is 6.54 Å². The predicted molar refractivity (Wildman–Crippen MR) is 55.9 cm³/mol. The normalized spacial score (nSPS) is 16.4. The highest BCUT2D eigenvalue weighted by molar-refractivity contribution is 7.09. The van der Waals surface area contributed by atoms with Crippen molar-refractivity contribution in [3.05, 3.63) is 16.1 Å². The van der Waals surface area contributed by atoms with Crippen molar-refractivity contribution in [2.45, 2.75) is 32.7 Å². The van der Waals surface area contributed by atoms with E-state index in [9.17, 15) is 0 Å². The Balaban J connectivity index is 1.61. The van der Waals surface area contributed by atoms with Gasteiger partial charge in [-0.25, -0.2) is 4.98 Å². The van der Waals surface area contributed by atoms with Gasteiger partial charge in [-0.2, -0.15) is 0 Å². The zero-order chi connectivity index (χ0) is 9.10. The number of hydrogen-bond donors (Lipinski definition) is 1. The lowest BCUT2D eigenvalue weighted by molar-refractivity contribution is 0.611. The molecule has 1 saturated carbocycles. The maximum absolute atomic E-state index is 4.40. The van der Waals surface area contributed by atoms with Gasteiger partial charge in [0.15, 0.2) is 0 Å². The lowest BCUT2D eigenvalue weighted by Crippen LogP contribution is -2.14.